The van der Waals surface area contributed by atoms with Crippen LogP contribution >= 0.6 is 0 Å². The average Bonchev–Trinajstić information content (AvgIpc) is 3.26. The molecule has 0 radical (unpaired) electrons. The van der Waals surface area contributed by atoms with E-state index in [-0.39, 0.29) is 61.6 Å². The maximum Gasteiger partial charge on any atom is 0.320 e. The lowest BCUT2D eigenvalue weighted by Gasteiger charge is -2.45. The molecule has 1 aromatic heterocycles. The van der Waals surface area contributed by atoms with E-state index >= 15 is 0 Å². The van der Waals surface area contributed by atoms with Crippen LogP contribution in [0.4, 0.5) is 4.39 Å². The fraction of sp³-hybridized carbons (Fsp3) is 0.548. The van der Waals surface area contributed by atoms with Crippen molar-refractivity contribution in [1.29, 1.82) is 0 Å². The van der Waals surface area contributed by atoms with E-state index in [9.17, 15) is 38.3 Å². The second-order valence-corrected chi connectivity index (χ2v) is 16.4. The standard InChI is InChI=1S/C27H33FN4O2.C15H25N3O8/c1-18(2)17-27(3,4)32-13-11-31(12-14-32)26(34)22-15-19(9-10-23(22)28)16-24-20-7-5-6-8-21(20)25(33)30-29-24;19-12(20)2-1-11(15(25)26)18-7-5-16(9-13(21)22)3-4-17(6-8-18)10-14(23)24/h5-10,15,18H,11-14,16-17H2,1-4H3,(H,30,33);11H,1-10H2,(H,19,20)(H,21,22)(H,23,24)(H,25,26). The van der Waals surface area contributed by atoms with Crippen LogP contribution in [0.5, 0.6) is 0 Å². The average molecular weight is 840 g/mol. The number of carboxylic acids is 4. The fourth-order valence-electron chi connectivity index (χ4n) is 8.05. The van der Waals surface area contributed by atoms with Gasteiger partial charge in [-0.1, -0.05) is 38.1 Å². The number of carbonyl (C=O) groups is 5. The molecule has 3 heterocycles. The number of hydrogen-bond acceptors (Lipinski definition) is 11. The van der Waals surface area contributed by atoms with Gasteiger partial charge in [-0.15, -0.1) is 0 Å². The third kappa shape index (κ3) is 13.9. The Labute approximate surface area is 348 Å². The summed E-state index contributed by atoms with van der Waals surface area (Å²) < 4.78 is 14.7. The largest absolute Gasteiger partial charge is 0.481 e. The van der Waals surface area contributed by atoms with Crippen molar-refractivity contribution in [1.82, 2.24) is 34.7 Å². The molecule has 5 rings (SSSR count). The summed E-state index contributed by atoms with van der Waals surface area (Å²) >= 11 is 0. The predicted octanol–water partition coefficient (Wildman–Crippen LogP) is 2.63. The van der Waals surface area contributed by atoms with E-state index in [1.165, 1.54) is 6.07 Å². The van der Waals surface area contributed by atoms with Gasteiger partial charge in [0.2, 0.25) is 0 Å². The molecule has 17 nitrogen and oxygen atoms in total. The molecular formula is C42H58FN7O10. The van der Waals surface area contributed by atoms with E-state index < -0.39 is 35.7 Å². The van der Waals surface area contributed by atoms with Crippen LogP contribution < -0.4 is 5.56 Å². The van der Waals surface area contributed by atoms with E-state index in [2.05, 4.69) is 42.8 Å². The van der Waals surface area contributed by atoms with Crippen molar-refractivity contribution < 1.29 is 48.8 Å². The Morgan fingerprint density at radius 1 is 0.783 bits per heavy atom. The maximum absolute atomic E-state index is 14.7. The van der Waals surface area contributed by atoms with Gasteiger partial charge >= 0.3 is 23.9 Å². The monoisotopic (exact) mass is 839 g/mol. The highest BCUT2D eigenvalue weighted by atomic mass is 19.1. The molecule has 2 aromatic carbocycles. The summed E-state index contributed by atoms with van der Waals surface area (Å²) in [6.07, 6.45) is 1.09. The molecule has 0 spiro atoms. The minimum atomic E-state index is -1.15. The number of H-pyrrole nitrogens is 1. The quantitative estimate of drug-likeness (QED) is 0.148. The molecule has 3 aromatic rings. The van der Waals surface area contributed by atoms with Gasteiger partial charge in [-0.3, -0.25) is 48.4 Å². The Bertz CT molecular complexity index is 2010. The lowest BCUT2D eigenvalue weighted by molar-refractivity contribution is -0.145. The zero-order valence-corrected chi connectivity index (χ0v) is 34.8. The molecule has 60 heavy (non-hydrogen) atoms. The number of carboxylic acid groups (broad SMARTS) is 4. The van der Waals surface area contributed by atoms with E-state index in [0.717, 1.165) is 30.5 Å². The van der Waals surface area contributed by atoms with Crippen molar-refractivity contribution in [2.45, 2.75) is 65.0 Å². The summed E-state index contributed by atoms with van der Waals surface area (Å²) in [5, 5.41) is 44.3. The first-order chi connectivity index (χ1) is 28.3. The highest BCUT2D eigenvalue weighted by Crippen LogP contribution is 2.26. The topological polar surface area (TPSA) is 228 Å². The molecule has 2 aliphatic rings. The van der Waals surface area contributed by atoms with Crippen molar-refractivity contribution in [2.75, 3.05) is 78.5 Å². The van der Waals surface area contributed by atoms with Crippen LogP contribution in [0.15, 0.2) is 47.3 Å². The third-order valence-electron chi connectivity index (χ3n) is 11.0. The molecule has 18 heteroatoms. The van der Waals surface area contributed by atoms with Gasteiger partial charge in [0.1, 0.15) is 11.9 Å². The van der Waals surface area contributed by atoms with Gasteiger partial charge in [0.25, 0.3) is 11.5 Å². The number of hydrogen-bond donors (Lipinski definition) is 5. The normalized spacial score (nSPS) is 16.9. The number of aromatic amines is 1. The second-order valence-electron chi connectivity index (χ2n) is 16.4. The van der Waals surface area contributed by atoms with Crippen LogP contribution in [0.2, 0.25) is 0 Å². The third-order valence-corrected chi connectivity index (χ3v) is 11.0. The number of piperazine rings is 1. The van der Waals surface area contributed by atoms with Gasteiger partial charge in [-0.05, 0) is 56.4 Å². The van der Waals surface area contributed by atoms with Gasteiger partial charge in [0.15, 0.2) is 0 Å². The van der Waals surface area contributed by atoms with Gasteiger partial charge in [0, 0.05) is 89.2 Å². The molecule has 0 aliphatic carbocycles. The van der Waals surface area contributed by atoms with E-state index in [4.69, 9.17) is 15.3 Å². The number of benzene rings is 2. The maximum atomic E-state index is 14.7. The Morgan fingerprint density at radius 3 is 1.88 bits per heavy atom. The van der Waals surface area contributed by atoms with Crippen LogP contribution in [0, 0.1) is 11.7 Å². The predicted molar refractivity (Wildman–Crippen MR) is 221 cm³/mol. The van der Waals surface area contributed by atoms with Crippen molar-refractivity contribution in [2.24, 2.45) is 5.92 Å². The highest BCUT2D eigenvalue weighted by Gasteiger charge is 2.33. The van der Waals surface area contributed by atoms with Gasteiger partial charge < -0.3 is 25.3 Å². The first kappa shape index (κ1) is 47.4. The van der Waals surface area contributed by atoms with Crippen molar-refractivity contribution in [3.05, 3.63) is 75.5 Å². The van der Waals surface area contributed by atoms with Gasteiger partial charge in [-0.2, -0.15) is 5.10 Å². The highest BCUT2D eigenvalue weighted by molar-refractivity contribution is 5.95. The minimum Gasteiger partial charge on any atom is -0.481 e. The van der Waals surface area contributed by atoms with Crippen LogP contribution in [-0.2, 0) is 25.6 Å². The summed E-state index contributed by atoms with van der Waals surface area (Å²) in [4.78, 5) is 78.6. The fourth-order valence-corrected chi connectivity index (χ4v) is 8.05. The number of amides is 1. The summed E-state index contributed by atoms with van der Waals surface area (Å²) in [6.45, 7) is 13.0. The Balaban J connectivity index is 0.000000276. The SMILES string of the molecule is CC(C)CC(C)(C)N1CCN(C(=O)c2cc(Cc3n[nH]c(=O)c4ccccc34)ccc2F)CC1.O=C(O)CCC(C(=O)O)N1CCN(CC(=O)O)CCN(CC(=O)O)CC1. The van der Waals surface area contributed by atoms with Crippen molar-refractivity contribution >= 4 is 40.6 Å². The van der Waals surface area contributed by atoms with Crippen molar-refractivity contribution in [3.63, 3.8) is 0 Å². The van der Waals surface area contributed by atoms with Gasteiger partial charge in [0.05, 0.1) is 29.7 Å². The lowest BCUT2D eigenvalue weighted by Crippen LogP contribution is -2.56. The Hall–Kier alpha value is -5.30. The van der Waals surface area contributed by atoms with E-state index in [1.54, 1.807) is 43.9 Å². The molecule has 5 N–H and O–H groups in total. The molecule has 0 saturated carbocycles. The molecule has 328 valence electrons. The minimum absolute atomic E-state index is 0.0703. The summed E-state index contributed by atoms with van der Waals surface area (Å²) in [5.41, 5.74) is 1.36. The van der Waals surface area contributed by atoms with Crippen LogP contribution in [-0.4, -0.2) is 175 Å². The first-order valence-corrected chi connectivity index (χ1v) is 20.2. The number of aliphatic carboxylic acids is 4. The number of carbonyl (C=O) groups excluding carboxylic acids is 1. The number of nitrogens with one attached hydrogen (secondary N) is 1. The molecule has 1 amide bonds. The molecule has 1 atom stereocenters. The van der Waals surface area contributed by atoms with Crippen molar-refractivity contribution in [3.8, 4) is 0 Å². The number of nitrogens with zero attached hydrogens (tertiary/aromatic N) is 6. The zero-order chi connectivity index (χ0) is 44.1. The summed E-state index contributed by atoms with van der Waals surface area (Å²) in [6, 6.07) is 10.9. The molecule has 0 bridgehead atoms. The Morgan fingerprint density at radius 2 is 1.35 bits per heavy atom. The summed E-state index contributed by atoms with van der Waals surface area (Å²) in [7, 11) is 0. The molecule has 2 saturated heterocycles. The van der Waals surface area contributed by atoms with Crippen LogP contribution in [0.3, 0.4) is 0 Å². The van der Waals surface area contributed by atoms with Crippen LogP contribution in [0.1, 0.15) is 68.6 Å². The number of aromatic nitrogens is 2. The molecule has 2 aliphatic heterocycles. The lowest BCUT2D eigenvalue weighted by atomic mass is 9.90. The second kappa shape index (κ2) is 21.8. The number of fused-ring (bicyclic) bond motifs is 1. The molecular weight excluding hydrogens is 781 g/mol. The van der Waals surface area contributed by atoms with Crippen LogP contribution in [0.25, 0.3) is 10.8 Å². The molecule has 1 unspecified atom stereocenters. The molecule has 2 fully saturated rings. The zero-order valence-electron chi connectivity index (χ0n) is 34.8. The Kier molecular flexibility index (Phi) is 17.2. The number of halogens is 1. The number of rotatable bonds is 15. The van der Waals surface area contributed by atoms with E-state index in [0.29, 0.717) is 62.7 Å². The smallest absolute Gasteiger partial charge is 0.320 e. The van der Waals surface area contributed by atoms with E-state index in [1.807, 2.05) is 12.1 Å². The van der Waals surface area contributed by atoms with Gasteiger partial charge in [-0.25, -0.2) is 9.49 Å². The first-order valence-electron chi connectivity index (χ1n) is 20.2. The summed E-state index contributed by atoms with van der Waals surface area (Å²) in [5.74, 6) is -4.50.